The second kappa shape index (κ2) is 40.9. The molecule has 34 nitrogen and oxygen atoms in total. The molecule has 1 aliphatic heterocycles. The molecule has 2 radical (unpaired) electrons. The summed E-state index contributed by atoms with van der Waals surface area (Å²) in [4.78, 5) is 150. The van der Waals surface area contributed by atoms with Crippen LogP contribution >= 0.6 is 0 Å². The zero-order valence-electron chi connectivity index (χ0n) is 51.8. The lowest BCUT2D eigenvalue weighted by Gasteiger charge is -2.36. The van der Waals surface area contributed by atoms with Crippen LogP contribution in [0.2, 0.25) is 11.3 Å². The lowest BCUT2D eigenvalue weighted by atomic mass is 10.1. The molecule has 1 aliphatic rings. The Morgan fingerprint density at radius 1 is 0.436 bits per heavy atom. The van der Waals surface area contributed by atoms with Crippen LogP contribution < -0.4 is 104 Å². The summed E-state index contributed by atoms with van der Waals surface area (Å²) in [5, 5.41) is 27.3. The van der Waals surface area contributed by atoms with Crippen molar-refractivity contribution in [1.82, 2.24) is 78.1 Å². The second-order valence-electron chi connectivity index (χ2n) is 17.5. The molecule has 1 heterocycles. The van der Waals surface area contributed by atoms with Crippen molar-refractivity contribution in [3.05, 3.63) is 0 Å². The van der Waals surface area contributed by atoms with Gasteiger partial charge in [-0.15, -0.1) is 0 Å². The second-order valence-corrected chi connectivity index (χ2v) is 17.5. The van der Waals surface area contributed by atoms with Crippen LogP contribution in [0.5, 0.6) is 0 Å². The van der Waals surface area contributed by atoms with Crippen LogP contribution in [-0.2, 0) is 43.2 Å². The van der Waals surface area contributed by atoms with E-state index in [1.165, 1.54) is 0 Å². The first-order chi connectivity index (χ1) is 41.3. The Morgan fingerprint density at radius 3 is 1.38 bits per heavy atom. The minimum atomic E-state index is -1.14. The van der Waals surface area contributed by atoms with Crippen molar-refractivity contribution >= 4 is 72.9 Å². The Kier molecular flexibility index (Phi) is 29.6. The van der Waals surface area contributed by atoms with Crippen LogP contribution in [0.4, 0.5) is 9.59 Å². The molecule has 12 amide bonds. The first kappa shape index (κ1) is 56.5. The fourth-order valence-corrected chi connectivity index (χ4v) is 7.00. The maximum Gasteiger partial charge on any atom is 0.322 e. The average molecular weight is 1120 g/mol. The van der Waals surface area contributed by atoms with E-state index < -0.39 is 103 Å². The van der Waals surface area contributed by atoms with Gasteiger partial charge in [0.15, 0.2) is 0 Å². The van der Waals surface area contributed by atoms with E-state index >= 15 is 0 Å². The van der Waals surface area contributed by atoms with Crippen molar-refractivity contribution in [3.8, 4) is 0 Å². The lowest BCUT2D eigenvalue weighted by Crippen LogP contribution is -2.55. The molecule has 27 N–H and O–H groups in total. The molecule has 442 valence electrons. The third-order valence-electron chi connectivity index (χ3n) is 11.4. The number of imide groups is 1. The molecule has 1 saturated heterocycles. The van der Waals surface area contributed by atoms with Crippen LogP contribution in [0.25, 0.3) is 0 Å². The van der Waals surface area contributed by atoms with Crippen molar-refractivity contribution in [2.24, 2.45) is 45.8 Å². The highest BCUT2D eigenvalue weighted by Gasteiger charge is 2.30. The number of hydrogen-bond acceptors (Lipinski definition) is 23. The standard InChI is InChI=1S/C43H86BN23O11/c44-25-58-42(77)61-26-59-34(69)4-3-33(41(76)57-9-8-56-39(74)31(51)20-47)67-16-14-65(23-35(70)53-6-7-55-38(73)30(50)19-46)12-10-64(22-28(68)2-1-5-54-37(72)29(49)18-45)11-13-66(15-17-67)24-36(71)63-43(78)62-27-60-40(75)32(52)21-48/h29-33H,1-27,45-52H2,(H,53,70)(H,54,72)(H,55,73)(H,56,74)(H,57,76)(H,59,69)(H,60,75)(H2,58,61,77)(H2,62,63,71,78)/i/hD8. The highest BCUT2D eigenvalue weighted by Crippen LogP contribution is 2.11. The normalized spacial score (nSPS) is 17.2. The van der Waals surface area contributed by atoms with E-state index in [1.807, 2.05) is 34.4 Å². The number of Topliss-reactive ketones (excluding diaryl/α,β-unsaturated/α-hetero) is 1. The molecule has 1 rings (SSSR count). The summed E-state index contributed by atoms with van der Waals surface area (Å²) in [6, 6.07) is -7.12. The number of carbonyl (C=O) groups excluding carboxylic acids is 11. The molecule has 5 atom stereocenters. The van der Waals surface area contributed by atoms with Crippen LogP contribution in [-0.4, -0.2) is 273 Å². The van der Waals surface area contributed by atoms with Gasteiger partial charge in [0.25, 0.3) is 0 Å². The monoisotopic (exact) mass is 1120 g/mol. The largest absolute Gasteiger partial charge is 0.355 e. The third-order valence-corrected chi connectivity index (χ3v) is 11.4. The maximum atomic E-state index is 14.4. The SMILES string of the molecule is [2H]NCC(N[2H])C(=O)NCCCC(=O)CN1CCN(CC(=O)NCCNC(=O)C(CN[2H])N[2H])CCN(C(CCC(=O)NCNC(=O)NC[B])C(=O)NCCNC(=O)C(CN[2H])N[2H])CCN(CC(=O)NC(=O)NCNC(=O)C(CN[2H])N[2H])CC1. The summed E-state index contributed by atoms with van der Waals surface area (Å²) < 4.78 is 58.0. The first-order valence-electron chi connectivity index (χ1n) is 29.2. The van der Waals surface area contributed by atoms with E-state index in [0.29, 0.717) is 0 Å². The lowest BCUT2D eigenvalue weighted by molar-refractivity contribution is -0.129. The van der Waals surface area contributed by atoms with Gasteiger partial charge in [0, 0.05) is 124 Å². The van der Waals surface area contributed by atoms with Gasteiger partial charge in [0.1, 0.15) is 17.1 Å². The van der Waals surface area contributed by atoms with Gasteiger partial charge in [-0.1, -0.05) is 0 Å². The van der Waals surface area contributed by atoms with Gasteiger partial charge in [0.2, 0.25) is 47.3 Å². The molecule has 78 heavy (non-hydrogen) atoms. The average Bonchev–Trinajstić information content (AvgIpc) is 3.69. The van der Waals surface area contributed by atoms with Gasteiger partial charge in [-0.25, -0.2) is 9.59 Å². The summed E-state index contributed by atoms with van der Waals surface area (Å²) in [5.41, 5.74) is 16.2. The number of urea groups is 2. The number of ketones is 1. The summed E-state index contributed by atoms with van der Waals surface area (Å²) in [7, 11) is 5.35. The number of rotatable bonds is 42. The first-order valence-corrected chi connectivity index (χ1v) is 25.2. The van der Waals surface area contributed by atoms with Crippen molar-refractivity contribution in [2.75, 3.05) is 151 Å². The molecule has 0 aromatic carbocycles. The highest BCUT2D eigenvalue weighted by molar-refractivity contribution is 6.10. The van der Waals surface area contributed by atoms with Gasteiger partial charge >= 0.3 is 12.1 Å². The Bertz CT molecular complexity index is 2090. The van der Waals surface area contributed by atoms with E-state index in [2.05, 4.69) is 69.9 Å². The molecule has 0 bridgehead atoms. The van der Waals surface area contributed by atoms with Crippen molar-refractivity contribution in [3.63, 3.8) is 0 Å². The fraction of sp³-hybridized carbons (Fsp3) is 0.744. The van der Waals surface area contributed by atoms with E-state index in [1.54, 1.807) is 19.6 Å². The molecule has 1 fully saturated rings. The molecular weight excluding hydrogens is 1030 g/mol. The molecular formula is C43H86BN23O11. The number of nitrogens with two attached hydrogens (primary N) is 8. The maximum absolute atomic E-state index is 14.4. The summed E-state index contributed by atoms with van der Waals surface area (Å²) in [6.45, 7) is -2.18. The Labute approximate surface area is 467 Å². The topological polar surface area (TPSA) is 541 Å². The minimum absolute atomic E-state index is 0.00479. The third kappa shape index (κ3) is 31.2. The zero-order valence-corrected chi connectivity index (χ0v) is 43.8. The molecule has 0 spiro atoms. The van der Waals surface area contributed by atoms with Crippen molar-refractivity contribution in [2.45, 2.75) is 55.9 Å². The van der Waals surface area contributed by atoms with Crippen molar-refractivity contribution < 1.29 is 64.0 Å². The smallest absolute Gasteiger partial charge is 0.322 e. The number of nitrogens with one attached hydrogen (secondary N) is 11. The molecule has 0 aromatic rings. The van der Waals surface area contributed by atoms with E-state index in [-0.39, 0.29) is 169 Å². The van der Waals surface area contributed by atoms with Gasteiger partial charge in [-0.05, 0) is 19.3 Å². The minimum Gasteiger partial charge on any atom is -0.355 e. The van der Waals surface area contributed by atoms with Gasteiger partial charge in [-0.2, -0.15) is 0 Å². The predicted octanol–water partition coefficient (Wildman–Crippen LogP) is -13.2. The van der Waals surface area contributed by atoms with Crippen LogP contribution in [0, 0.1) is 0 Å². The van der Waals surface area contributed by atoms with Crippen LogP contribution in [0.3, 0.4) is 0 Å². The van der Waals surface area contributed by atoms with Crippen molar-refractivity contribution in [1.29, 1.82) is 0 Å². The molecule has 5 unspecified atom stereocenters. The van der Waals surface area contributed by atoms with Gasteiger partial charge < -0.3 is 99.0 Å². The Morgan fingerprint density at radius 2 is 0.872 bits per heavy atom. The Balaban J connectivity index is 3.70. The number of amides is 12. The molecule has 0 aromatic heterocycles. The quantitative estimate of drug-likeness (QED) is 0.0153. The highest BCUT2D eigenvalue weighted by atomic mass is 16.2. The van der Waals surface area contributed by atoms with Crippen LogP contribution in [0.15, 0.2) is 0 Å². The van der Waals surface area contributed by atoms with E-state index in [0.717, 1.165) is 0 Å². The molecule has 35 heteroatoms. The van der Waals surface area contributed by atoms with E-state index in [4.69, 9.17) is 19.1 Å². The summed E-state index contributed by atoms with van der Waals surface area (Å²) in [6.07, 6.45) is -0.396. The Hall–Kier alpha value is -6.25. The van der Waals surface area contributed by atoms with E-state index in [9.17, 15) is 52.7 Å². The predicted molar refractivity (Wildman–Crippen MR) is 286 cm³/mol. The number of carbonyl (C=O) groups is 11. The fourth-order valence-electron chi connectivity index (χ4n) is 7.00. The van der Waals surface area contributed by atoms with Crippen LogP contribution in [0.1, 0.15) is 25.7 Å². The summed E-state index contributed by atoms with van der Waals surface area (Å²) >= 11 is 0. The number of hydrogen-bond donors (Lipinski definition) is 19. The summed E-state index contributed by atoms with van der Waals surface area (Å²) in [5.74, 6) is -5.28. The van der Waals surface area contributed by atoms with Gasteiger partial charge in [-0.3, -0.25) is 68.1 Å². The number of nitrogens with zero attached hydrogens (tertiary/aromatic N) is 4. The zero-order chi connectivity index (χ0) is 64.1. The molecule has 0 aliphatic carbocycles. The molecule has 0 saturated carbocycles. The van der Waals surface area contributed by atoms with Gasteiger partial charge in [0.05, 0.1) is 71.0 Å².